The highest BCUT2D eigenvalue weighted by atomic mass is 16.2. The average molecular weight is 177 g/mol. The molecular weight excluding hydrogens is 170 g/mol. The van der Waals surface area contributed by atoms with Crippen molar-refractivity contribution in [3.63, 3.8) is 0 Å². The Bertz CT molecular complexity index is 416. The Morgan fingerprint density at radius 1 is 1.62 bits per heavy atom. The number of amides is 1. The van der Waals surface area contributed by atoms with Crippen LogP contribution in [0.2, 0.25) is 0 Å². The SMILES string of the molecule is NNC(=O)c1cc2cncnn2c1. The van der Waals surface area contributed by atoms with Crippen molar-refractivity contribution in [1.82, 2.24) is 20.0 Å². The highest BCUT2D eigenvalue weighted by molar-refractivity contribution is 5.95. The number of nitrogens with two attached hydrogens (primary N) is 1. The van der Waals surface area contributed by atoms with E-state index in [1.165, 1.54) is 6.33 Å². The molecule has 0 atom stereocenters. The Balaban J connectivity index is 2.56. The summed E-state index contributed by atoms with van der Waals surface area (Å²) in [4.78, 5) is 14.9. The first-order valence-electron chi connectivity index (χ1n) is 3.60. The molecule has 0 aromatic carbocycles. The van der Waals surface area contributed by atoms with Crippen LogP contribution in [0.5, 0.6) is 0 Å². The van der Waals surface area contributed by atoms with E-state index in [-0.39, 0.29) is 5.91 Å². The first-order valence-corrected chi connectivity index (χ1v) is 3.60. The van der Waals surface area contributed by atoms with Gasteiger partial charge in [0, 0.05) is 6.20 Å². The molecule has 2 aromatic heterocycles. The minimum Gasteiger partial charge on any atom is -0.290 e. The van der Waals surface area contributed by atoms with Crippen LogP contribution in [0.15, 0.2) is 24.8 Å². The first-order chi connectivity index (χ1) is 6.31. The lowest BCUT2D eigenvalue weighted by Crippen LogP contribution is -2.29. The molecule has 0 bridgehead atoms. The number of hydrogen-bond donors (Lipinski definition) is 2. The number of carbonyl (C=O) groups excluding carboxylic acids is 1. The fourth-order valence-corrected chi connectivity index (χ4v) is 1.07. The Morgan fingerprint density at radius 3 is 3.15 bits per heavy atom. The number of rotatable bonds is 1. The van der Waals surface area contributed by atoms with Gasteiger partial charge in [-0.15, -0.1) is 0 Å². The third-order valence-electron chi connectivity index (χ3n) is 1.67. The van der Waals surface area contributed by atoms with Gasteiger partial charge in [-0.1, -0.05) is 0 Å². The van der Waals surface area contributed by atoms with E-state index in [1.807, 2.05) is 5.43 Å². The van der Waals surface area contributed by atoms with Gasteiger partial charge >= 0.3 is 0 Å². The van der Waals surface area contributed by atoms with E-state index < -0.39 is 0 Å². The predicted octanol–water partition coefficient (Wildman–Crippen LogP) is -0.667. The summed E-state index contributed by atoms with van der Waals surface area (Å²) in [6.45, 7) is 0. The van der Waals surface area contributed by atoms with Crippen molar-refractivity contribution < 1.29 is 4.79 Å². The number of hydrogen-bond acceptors (Lipinski definition) is 4. The summed E-state index contributed by atoms with van der Waals surface area (Å²) < 4.78 is 1.55. The number of aromatic nitrogens is 3. The third kappa shape index (κ3) is 1.23. The zero-order valence-corrected chi connectivity index (χ0v) is 6.64. The molecule has 2 heterocycles. The van der Waals surface area contributed by atoms with Gasteiger partial charge in [0.1, 0.15) is 6.33 Å². The summed E-state index contributed by atoms with van der Waals surface area (Å²) >= 11 is 0. The Morgan fingerprint density at radius 2 is 2.46 bits per heavy atom. The fraction of sp³-hybridized carbons (Fsp3) is 0. The molecule has 0 spiro atoms. The third-order valence-corrected chi connectivity index (χ3v) is 1.67. The summed E-state index contributed by atoms with van der Waals surface area (Å²) in [5.74, 6) is 4.64. The van der Waals surface area contributed by atoms with Gasteiger partial charge in [0.2, 0.25) is 0 Å². The van der Waals surface area contributed by atoms with Gasteiger partial charge < -0.3 is 0 Å². The van der Waals surface area contributed by atoms with Gasteiger partial charge in [0.25, 0.3) is 5.91 Å². The highest BCUT2D eigenvalue weighted by Crippen LogP contribution is 2.05. The molecule has 66 valence electrons. The second-order valence-electron chi connectivity index (χ2n) is 2.48. The maximum Gasteiger partial charge on any atom is 0.266 e. The molecular formula is C7H7N5O. The van der Waals surface area contributed by atoms with Crippen molar-refractivity contribution in [3.05, 3.63) is 30.4 Å². The molecule has 0 unspecified atom stereocenters. The largest absolute Gasteiger partial charge is 0.290 e. The monoisotopic (exact) mass is 177 g/mol. The number of nitrogens with zero attached hydrogens (tertiary/aromatic N) is 3. The molecule has 2 aromatic rings. The molecule has 2 rings (SSSR count). The Labute approximate surface area is 73.3 Å². The molecule has 6 nitrogen and oxygen atoms in total. The fourth-order valence-electron chi connectivity index (χ4n) is 1.07. The maximum atomic E-state index is 11.1. The minimum atomic E-state index is -0.342. The summed E-state index contributed by atoms with van der Waals surface area (Å²) in [5.41, 5.74) is 3.25. The van der Waals surface area contributed by atoms with Gasteiger partial charge in [-0.2, -0.15) is 5.10 Å². The topological polar surface area (TPSA) is 85.3 Å². The minimum absolute atomic E-state index is 0.342. The van der Waals surface area contributed by atoms with E-state index >= 15 is 0 Å². The summed E-state index contributed by atoms with van der Waals surface area (Å²) in [5, 5.41) is 3.90. The molecule has 3 N–H and O–H groups in total. The Kier molecular flexibility index (Phi) is 1.67. The summed E-state index contributed by atoms with van der Waals surface area (Å²) in [6.07, 6.45) is 4.59. The van der Waals surface area contributed by atoms with Gasteiger partial charge in [0.05, 0.1) is 17.3 Å². The molecule has 1 amide bonds. The van der Waals surface area contributed by atoms with Gasteiger partial charge in [-0.25, -0.2) is 15.3 Å². The smallest absolute Gasteiger partial charge is 0.266 e. The molecule has 0 saturated carbocycles. The summed E-state index contributed by atoms with van der Waals surface area (Å²) in [7, 11) is 0. The average Bonchev–Trinajstić information content (AvgIpc) is 2.59. The van der Waals surface area contributed by atoms with Crippen LogP contribution in [0, 0.1) is 0 Å². The number of hydrazine groups is 1. The van der Waals surface area contributed by atoms with Crippen LogP contribution in [0.3, 0.4) is 0 Å². The van der Waals surface area contributed by atoms with Crippen molar-refractivity contribution >= 4 is 11.4 Å². The summed E-state index contributed by atoms with van der Waals surface area (Å²) in [6, 6.07) is 1.65. The number of fused-ring (bicyclic) bond motifs is 1. The van der Waals surface area contributed by atoms with Crippen molar-refractivity contribution in [2.75, 3.05) is 0 Å². The molecule has 0 aliphatic carbocycles. The highest BCUT2D eigenvalue weighted by Gasteiger charge is 2.06. The lowest BCUT2D eigenvalue weighted by Gasteiger charge is -1.91. The van der Waals surface area contributed by atoms with Crippen molar-refractivity contribution in [2.24, 2.45) is 5.84 Å². The maximum absolute atomic E-state index is 11.1. The lowest BCUT2D eigenvalue weighted by atomic mass is 10.3. The van der Waals surface area contributed by atoms with E-state index in [0.717, 1.165) is 5.52 Å². The number of nitrogen functional groups attached to an aromatic ring is 1. The molecule has 13 heavy (non-hydrogen) atoms. The zero-order chi connectivity index (χ0) is 9.26. The molecule has 0 saturated heterocycles. The predicted molar refractivity (Wildman–Crippen MR) is 44.6 cm³/mol. The standard InChI is InChI=1S/C7H7N5O/c8-11-7(13)5-1-6-2-9-4-10-12(6)3-5/h1-4H,8H2,(H,11,13). The lowest BCUT2D eigenvalue weighted by molar-refractivity contribution is 0.0953. The second-order valence-corrected chi connectivity index (χ2v) is 2.48. The number of carbonyl (C=O) groups is 1. The quantitative estimate of drug-likeness (QED) is 0.344. The zero-order valence-electron chi connectivity index (χ0n) is 6.64. The van der Waals surface area contributed by atoms with Crippen molar-refractivity contribution in [2.45, 2.75) is 0 Å². The molecule has 0 radical (unpaired) electrons. The van der Waals surface area contributed by atoms with E-state index in [1.54, 1.807) is 23.0 Å². The van der Waals surface area contributed by atoms with Crippen LogP contribution in [-0.2, 0) is 0 Å². The van der Waals surface area contributed by atoms with Crippen LogP contribution in [0.4, 0.5) is 0 Å². The van der Waals surface area contributed by atoms with E-state index in [2.05, 4.69) is 10.1 Å². The van der Waals surface area contributed by atoms with Gasteiger partial charge in [-0.3, -0.25) is 10.2 Å². The van der Waals surface area contributed by atoms with E-state index in [9.17, 15) is 4.79 Å². The molecule has 0 aliphatic heterocycles. The van der Waals surface area contributed by atoms with Crippen LogP contribution in [0.1, 0.15) is 10.4 Å². The first kappa shape index (κ1) is 7.69. The van der Waals surface area contributed by atoms with Gasteiger partial charge in [-0.05, 0) is 6.07 Å². The van der Waals surface area contributed by atoms with Crippen molar-refractivity contribution in [1.29, 1.82) is 0 Å². The van der Waals surface area contributed by atoms with Crippen molar-refractivity contribution in [3.8, 4) is 0 Å². The van der Waals surface area contributed by atoms with Crippen LogP contribution in [0.25, 0.3) is 5.52 Å². The van der Waals surface area contributed by atoms with E-state index in [0.29, 0.717) is 5.56 Å². The Hall–Kier alpha value is -1.95. The molecule has 0 fully saturated rings. The van der Waals surface area contributed by atoms with E-state index in [4.69, 9.17) is 5.84 Å². The van der Waals surface area contributed by atoms with Crippen LogP contribution in [-0.4, -0.2) is 20.5 Å². The van der Waals surface area contributed by atoms with Crippen LogP contribution >= 0.6 is 0 Å². The van der Waals surface area contributed by atoms with Gasteiger partial charge in [0.15, 0.2) is 0 Å². The molecule has 6 heteroatoms. The second kappa shape index (κ2) is 2.83. The number of nitrogens with one attached hydrogen (secondary N) is 1. The molecule has 0 aliphatic rings. The normalized spacial score (nSPS) is 10.2. The van der Waals surface area contributed by atoms with Crippen LogP contribution < -0.4 is 11.3 Å².